The van der Waals surface area contributed by atoms with Crippen molar-refractivity contribution in [2.24, 2.45) is 11.5 Å². The number of hydrogen-bond acceptors (Lipinski definition) is 3. The summed E-state index contributed by atoms with van der Waals surface area (Å²) in [6, 6.07) is 0. The van der Waals surface area contributed by atoms with E-state index in [9.17, 15) is 0 Å². The van der Waals surface area contributed by atoms with Gasteiger partial charge in [-0.2, -0.15) is 0 Å². The molecular formula is C4H8N2O. The lowest BCUT2D eigenvalue weighted by molar-refractivity contribution is 0.400. The Bertz CT molecular complexity index is 67.8. The lowest BCUT2D eigenvalue weighted by Gasteiger charge is -1.82. The van der Waals surface area contributed by atoms with Crippen LogP contribution in [-0.4, -0.2) is 0 Å². The molecule has 0 aromatic rings. The largest absolute Gasteiger partial charge is 0.470 e. The SMILES string of the molecule is NC=COC=CN. The molecule has 7 heavy (non-hydrogen) atoms. The van der Waals surface area contributed by atoms with Crippen LogP contribution >= 0.6 is 0 Å². The zero-order valence-electron chi connectivity index (χ0n) is 3.87. The first-order chi connectivity index (χ1) is 3.41. The van der Waals surface area contributed by atoms with Crippen LogP contribution in [0.2, 0.25) is 0 Å². The van der Waals surface area contributed by atoms with Gasteiger partial charge < -0.3 is 16.2 Å². The van der Waals surface area contributed by atoms with Crippen LogP contribution in [0.15, 0.2) is 24.9 Å². The summed E-state index contributed by atoms with van der Waals surface area (Å²) in [5, 5.41) is 0. The molecule has 40 valence electrons. The van der Waals surface area contributed by atoms with E-state index in [2.05, 4.69) is 4.74 Å². The van der Waals surface area contributed by atoms with Crippen LogP contribution in [0.25, 0.3) is 0 Å². The molecule has 3 nitrogen and oxygen atoms in total. The Morgan fingerprint density at radius 3 is 1.71 bits per heavy atom. The van der Waals surface area contributed by atoms with Crippen molar-refractivity contribution in [3.8, 4) is 0 Å². The maximum absolute atomic E-state index is 4.89. The molecule has 0 atom stereocenters. The van der Waals surface area contributed by atoms with Crippen LogP contribution in [0.1, 0.15) is 0 Å². The summed E-state index contributed by atoms with van der Waals surface area (Å²) in [5.74, 6) is 0. The molecular weight excluding hydrogens is 92.1 g/mol. The molecule has 0 aromatic heterocycles. The van der Waals surface area contributed by atoms with Gasteiger partial charge in [0.2, 0.25) is 0 Å². The molecule has 0 rings (SSSR count). The summed E-state index contributed by atoms with van der Waals surface area (Å²) >= 11 is 0. The van der Waals surface area contributed by atoms with Crippen LogP contribution in [-0.2, 0) is 4.74 Å². The minimum absolute atomic E-state index is 1.28. The average molecular weight is 100 g/mol. The highest BCUT2D eigenvalue weighted by molar-refractivity contribution is 4.71. The van der Waals surface area contributed by atoms with E-state index in [0.29, 0.717) is 0 Å². The highest BCUT2D eigenvalue weighted by Gasteiger charge is 1.57. The highest BCUT2D eigenvalue weighted by atomic mass is 16.5. The van der Waals surface area contributed by atoms with Crippen molar-refractivity contribution in [2.75, 3.05) is 0 Å². The van der Waals surface area contributed by atoms with Gasteiger partial charge in [0.25, 0.3) is 0 Å². The van der Waals surface area contributed by atoms with Crippen LogP contribution in [0.4, 0.5) is 0 Å². The molecule has 0 saturated heterocycles. The predicted molar refractivity (Wildman–Crippen MR) is 27.7 cm³/mol. The Hall–Kier alpha value is -1.12. The van der Waals surface area contributed by atoms with Gasteiger partial charge in [-0.3, -0.25) is 0 Å². The molecule has 0 radical (unpaired) electrons. The van der Waals surface area contributed by atoms with Crippen LogP contribution < -0.4 is 11.5 Å². The monoisotopic (exact) mass is 100 g/mol. The molecule has 0 aliphatic rings. The summed E-state index contributed by atoms with van der Waals surface area (Å²) in [4.78, 5) is 0. The first-order valence-electron chi connectivity index (χ1n) is 1.80. The molecule has 0 unspecified atom stereocenters. The van der Waals surface area contributed by atoms with Gasteiger partial charge in [0.15, 0.2) is 0 Å². The molecule has 0 aliphatic carbocycles. The average Bonchev–Trinajstić information content (AvgIpc) is 1.69. The Morgan fingerprint density at radius 1 is 1.00 bits per heavy atom. The second-order valence-corrected chi connectivity index (χ2v) is 0.793. The van der Waals surface area contributed by atoms with E-state index in [0.717, 1.165) is 0 Å². The predicted octanol–water partition coefficient (Wildman–Crippen LogP) is -0.137. The minimum atomic E-state index is 1.28. The number of nitrogens with two attached hydrogens (primary N) is 2. The van der Waals surface area contributed by atoms with Crippen molar-refractivity contribution in [3.63, 3.8) is 0 Å². The van der Waals surface area contributed by atoms with E-state index in [1.54, 1.807) is 0 Å². The number of rotatable bonds is 2. The minimum Gasteiger partial charge on any atom is -0.470 e. The van der Waals surface area contributed by atoms with Gasteiger partial charge in [-0.1, -0.05) is 0 Å². The van der Waals surface area contributed by atoms with Gasteiger partial charge in [-0.25, -0.2) is 0 Å². The van der Waals surface area contributed by atoms with Crippen molar-refractivity contribution in [1.82, 2.24) is 0 Å². The Kier molecular flexibility index (Phi) is 4.10. The standard InChI is InChI=1S/C4H8N2O/c5-1-3-7-4-2-6/h1-4H,5-6H2. The van der Waals surface area contributed by atoms with Crippen LogP contribution in [0, 0.1) is 0 Å². The Morgan fingerprint density at radius 2 is 1.43 bits per heavy atom. The van der Waals surface area contributed by atoms with Crippen molar-refractivity contribution < 1.29 is 4.74 Å². The lowest BCUT2D eigenvalue weighted by Crippen LogP contribution is -1.79. The number of ether oxygens (including phenoxy) is 1. The second kappa shape index (κ2) is 4.88. The van der Waals surface area contributed by atoms with Crippen molar-refractivity contribution in [3.05, 3.63) is 24.9 Å². The first kappa shape index (κ1) is 5.88. The fourth-order valence-corrected chi connectivity index (χ4v) is 0.136. The van der Waals surface area contributed by atoms with Crippen LogP contribution in [0.5, 0.6) is 0 Å². The van der Waals surface area contributed by atoms with Gasteiger partial charge in [0, 0.05) is 12.4 Å². The topological polar surface area (TPSA) is 61.3 Å². The van der Waals surface area contributed by atoms with Crippen LogP contribution in [0.3, 0.4) is 0 Å². The Labute approximate surface area is 42.2 Å². The molecule has 0 heterocycles. The zero-order chi connectivity index (χ0) is 5.54. The van der Waals surface area contributed by atoms with E-state index < -0.39 is 0 Å². The van der Waals surface area contributed by atoms with Gasteiger partial charge in [-0.15, -0.1) is 0 Å². The van der Waals surface area contributed by atoms with Gasteiger partial charge in [0.1, 0.15) is 12.5 Å². The summed E-state index contributed by atoms with van der Waals surface area (Å²) < 4.78 is 4.52. The number of hydrogen-bond donors (Lipinski definition) is 2. The highest BCUT2D eigenvalue weighted by Crippen LogP contribution is 1.71. The molecule has 3 heteroatoms. The summed E-state index contributed by atoms with van der Waals surface area (Å²) in [5.41, 5.74) is 9.78. The van der Waals surface area contributed by atoms with E-state index in [1.807, 2.05) is 0 Å². The molecule has 0 aromatic carbocycles. The summed E-state index contributed by atoms with van der Waals surface area (Å²) in [6.45, 7) is 0. The normalized spacial score (nSPS) is 10.9. The van der Waals surface area contributed by atoms with E-state index >= 15 is 0 Å². The molecule has 0 aliphatic heterocycles. The quantitative estimate of drug-likeness (QED) is 0.475. The molecule has 4 N–H and O–H groups in total. The maximum atomic E-state index is 4.89. The van der Waals surface area contributed by atoms with Gasteiger partial charge >= 0.3 is 0 Å². The van der Waals surface area contributed by atoms with E-state index in [-0.39, 0.29) is 0 Å². The lowest BCUT2D eigenvalue weighted by atomic mass is 10.9. The molecule has 0 saturated carbocycles. The summed E-state index contributed by atoms with van der Waals surface area (Å²) in [7, 11) is 0. The third-order valence-electron chi connectivity index (χ3n) is 0.314. The maximum Gasteiger partial charge on any atom is 0.106 e. The molecule has 0 spiro atoms. The second-order valence-electron chi connectivity index (χ2n) is 0.793. The molecule has 0 fully saturated rings. The third-order valence-corrected chi connectivity index (χ3v) is 0.314. The Balaban J connectivity index is 2.98. The zero-order valence-corrected chi connectivity index (χ0v) is 3.87. The smallest absolute Gasteiger partial charge is 0.106 e. The van der Waals surface area contributed by atoms with E-state index in [4.69, 9.17) is 11.5 Å². The first-order valence-corrected chi connectivity index (χ1v) is 1.80. The van der Waals surface area contributed by atoms with Gasteiger partial charge in [0.05, 0.1) is 0 Å². The summed E-state index contributed by atoms with van der Waals surface area (Å²) in [6.07, 6.45) is 5.20. The third kappa shape index (κ3) is 4.88. The fraction of sp³-hybridized carbons (Fsp3) is 0. The fourth-order valence-electron chi connectivity index (χ4n) is 0.136. The van der Waals surface area contributed by atoms with Crippen molar-refractivity contribution >= 4 is 0 Å². The van der Waals surface area contributed by atoms with Crippen molar-refractivity contribution in [2.45, 2.75) is 0 Å². The van der Waals surface area contributed by atoms with Gasteiger partial charge in [-0.05, 0) is 0 Å². The molecule has 0 bridgehead atoms. The van der Waals surface area contributed by atoms with E-state index in [1.165, 1.54) is 24.9 Å². The molecule has 0 amide bonds. The van der Waals surface area contributed by atoms with Crippen molar-refractivity contribution in [1.29, 1.82) is 0 Å².